The van der Waals surface area contributed by atoms with E-state index >= 15 is 0 Å². The second kappa shape index (κ2) is 4.35. The molecule has 4 nitrogen and oxygen atoms in total. The zero-order chi connectivity index (χ0) is 12.8. The first kappa shape index (κ1) is 11.5. The van der Waals surface area contributed by atoms with E-state index in [1.54, 1.807) is 0 Å². The van der Waals surface area contributed by atoms with Crippen LogP contribution in [0.2, 0.25) is 0 Å². The Morgan fingerprint density at radius 3 is 3.11 bits per heavy atom. The molecule has 1 fully saturated rings. The highest BCUT2D eigenvalue weighted by Crippen LogP contribution is 2.27. The molecule has 2 aromatic rings. The molecule has 1 N–H and O–H groups in total. The first-order valence-corrected chi connectivity index (χ1v) is 7.31. The topological polar surface area (TPSA) is 50.2 Å². The van der Waals surface area contributed by atoms with E-state index in [0.29, 0.717) is 5.92 Å². The summed E-state index contributed by atoms with van der Waals surface area (Å²) in [5, 5.41) is 4.46. The van der Waals surface area contributed by atoms with Gasteiger partial charge in [-0.05, 0) is 46.6 Å². The molecule has 1 atom stereocenters. The summed E-state index contributed by atoms with van der Waals surface area (Å²) < 4.78 is 0.937. The molecule has 1 aromatic carbocycles. The van der Waals surface area contributed by atoms with Crippen molar-refractivity contribution in [3.05, 3.63) is 35.3 Å². The third-order valence-corrected chi connectivity index (χ3v) is 4.54. The number of rotatable bonds is 1. The van der Waals surface area contributed by atoms with Crippen molar-refractivity contribution in [3.8, 4) is 0 Å². The van der Waals surface area contributed by atoms with Gasteiger partial charge in [-0.25, -0.2) is 9.97 Å². The smallest absolute Gasteiger partial charge is 0.133 e. The zero-order valence-corrected chi connectivity index (χ0v) is 11.9. The van der Waals surface area contributed by atoms with Crippen molar-refractivity contribution in [3.63, 3.8) is 0 Å². The highest BCUT2D eigenvalue weighted by molar-refractivity contribution is 9.18. The minimum atomic E-state index is 0.453. The highest BCUT2D eigenvalue weighted by atomic mass is 79.9. The minimum Gasteiger partial charge on any atom is -0.316 e. The van der Waals surface area contributed by atoms with Crippen LogP contribution >= 0.6 is 15.9 Å². The van der Waals surface area contributed by atoms with E-state index in [1.807, 2.05) is 6.20 Å². The second-order valence-corrected chi connectivity index (χ2v) is 5.84. The third kappa shape index (κ3) is 1.88. The predicted molar refractivity (Wildman–Crippen MR) is 78.9 cm³/mol. The van der Waals surface area contributed by atoms with Crippen molar-refractivity contribution in [2.75, 3.05) is 13.1 Å². The maximum Gasteiger partial charge on any atom is 0.133 e. The van der Waals surface area contributed by atoms with Gasteiger partial charge in [-0.15, -0.1) is 0 Å². The largest absolute Gasteiger partial charge is 0.316 e. The standard InChI is InChI=1S/C14H13BrN4/c15-13-11-4-12-10(3-9(11)6-17-13)7-18-14(19-12)8-1-2-16-5-8/h3-4,7-8,16H,1-2,5-6H2. The quantitative estimate of drug-likeness (QED) is 0.878. The van der Waals surface area contributed by atoms with Crippen LogP contribution in [0.1, 0.15) is 29.3 Å². The van der Waals surface area contributed by atoms with E-state index in [1.165, 1.54) is 11.1 Å². The Labute approximate surface area is 119 Å². The first-order valence-electron chi connectivity index (χ1n) is 6.52. The predicted octanol–water partition coefficient (Wildman–Crippen LogP) is 2.36. The molecular weight excluding hydrogens is 304 g/mol. The molecule has 5 heteroatoms. The minimum absolute atomic E-state index is 0.453. The number of benzene rings is 1. The number of aromatic nitrogens is 2. The van der Waals surface area contributed by atoms with Crippen molar-refractivity contribution in [1.29, 1.82) is 0 Å². The van der Waals surface area contributed by atoms with Crippen LogP contribution in [-0.4, -0.2) is 27.7 Å². The van der Waals surface area contributed by atoms with Gasteiger partial charge in [-0.3, -0.25) is 4.99 Å². The Kier molecular flexibility index (Phi) is 2.63. The number of aliphatic imine (C=N–C) groups is 1. The van der Waals surface area contributed by atoms with Gasteiger partial charge in [0.1, 0.15) is 10.4 Å². The highest BCUT2D eigenvalue weighted by Gasteiger charge is 2.20. The summed E-state index contributed by atoms with van der Waals surface area (Å²) in [5.74, 6) is 1.42. The molecule has 0 amide bonds. The lowest BCUT2D eigenvalue weighted by Crippen LogP contribution is -2.10. The van der Waals surface area contributed by atoms with E-state index in [9.17, 15) is 0 Å². The van der Waals surface area contributed by atoms with Crippen LogP contribution in [0.3, 0.4) is 0 Å². The summed E-state index contributed by atoms with van der Waals surface area (Å²) in [7, 11) is 0. The molecule has 1 aromatic heterocycles. The van der Waals surface area contributed by atoms with Crippen LogP contribution < -0.4 is 5.32 Å². The molecule has 3 heterocycles. The van der Waals surface area contributed by atoms with Gasteiger partial charge in [-0.1, -0.05) is 0 Å². The lowest BCUT2D eigenvalue weighted by Gasteiger charge is -2.08. The summed E-state index contributed by atoms with van der Waals surface area (Å²) in [6.07, 6.45) is 3.07. The first-order chi connectivity index (χ1) is 9.31. The van der Waals surface area contributed by atoms with Crippen molar-refractivity contribution < 1.29 is 0 Å². The number of hydrogen-bond donors (Lipinski definition) is 1. The van der Waals surface area contributed by atoms with Gasteiger partial charge in [0, 0.05) is 29.6 Å². The number of nitrogens with one attached hydrogen (secondary N) is 1. The van der Waals surface area contributed by atoms with Gasteiger partial charge < -0.3 is 5.32 Å². The molecule has 0 bridgehead atoms. The molecule has 19 heavy (non-hydrogen) atoms. The average Bonchev–Trinajstić information content (AvgIpc) is 3.07. The number of fused-ring (bicyclic) bond motifs is 2. The number of nitrogens with zero attached hydrogens (tertiary/aromatic N) is 3. The van der Waals surface area contributed by atoms with Gasteiger partial charge in [0.25, 0.3) is 0 Å². The molecule has 0 saturated carbocycles. The summed E-state index contributed by atoms with van der Waals surface area (Å²) in [6.45, 7) is 2.80. The molecule has 1 saturated heterocycles. The fourth-order valence-electron chi connectivity index (χ4n) is 2.77. The fourth-order valence-corrected chi connectivity index (χ4v) is 3.27. The molecule has 2 aliphatic heterocycles. The van der Waals surface area contributed by atoms with E-state index < -0.39 is 0 Å². The molecule has 1 unspecified atom stereocenters. The average molecular weight is 317 g/mol. The molecule has 2 aliphatic rings. The monoisotopic (exact) mass is 316 g/mol. The van der Waals surface area contributed by atoms with E-state index in [-0.39, 0.29) is 0 Å². The van der Waals surface area contributed by atoms with Gasteiger partial charge in [0.15, 0.2) is 0 Å². The van der Waals surface area contributed by atoms with Gasteiger partial charge >= 0.3 is 0 Å². The van der Waals surface area contributed by atoms with Crippen molar-refractivity contribution in [1.82, 2.24) is 15.3 Å². The normalized spacial score (nSPS) is 21.7. The number of hydrogen-bond acceptors (Lipinski definition) is 4. The maximum atomic E-state index is 4.74. The third-order valence-electron chi connectivity index (χ3n) is 3.86. The van der Waals surface area contributed by atoms with Crippen LogP contribution in [0.15, 0.2) is 23.3 Å². The second-order valence-electron chi connectivity index (χ2n) is 5.09. The summed E-state index contributed by atoms with van der Waals surface area (Å²) in [5.41, 5.74) is 3.43. The number of halogens is 1. The Morgan fingerprint density at radius 1 is 1.32 bits per heavy atom. The zero-order valence-electron chi connectivity index (χ0n) is 10.4. The van der Waals surface area contributed by atoms with Crippen LogP contribution in [0.5, 0.6) is 0 Å². The lowest BCUT2D eigenvalue weighted by molar-refractivity contribution is 0.707. The lowest BCUT2D eigenvalue weighted by atomic mass is 10.1. The Morgan fingerprint density at radius 2 is 2.26 bits per heavy atom. The fraction of sp³-hybridized carbons (Fsp3) is 0.357. The molecule has 0 aliphatic carbocycles. The Balaban J connectivity index is 1.84. The summed E-state index contributed by atoms with van der Waals surface area (Å²) in [4.78, 5) is 13.7. The van der Waals surface area contributed by atoms with Crippen molar-refractivity contribution >= 4 is 31.5 Å². The molecule has 0 spiro atoms. The van der Waals surface area contributed by atoms with Crippen LogP contribution in [-0.2, 0) is 6.54 Å². The van der Waals surface area contributed by atoms with Gasteiger partial charge in [0.05, 0.1) is 12.1 Å². The molecule has 4 rings (SSSR count). The molecular formula is C14H13BrN4. The Hall–Kier alpha value is -1.33. The van der Waals surface area contributed by atoms with Crippen molar-refractivity contribution in [2.45, 2.75) is 18.9 Å². The Bertz CT molecular complexity index is 689. The van der Waals surface area contributed by atoms with Gasteiger partial charge in [0.2, 0.25) is 0 Å². The van der Waals surface area contributed by atoms with E-state index in [2.05, 4.69) is 43.4 Å². The summed E-state index contributed by atoms with van der Waals surface area (Å²) in [6, 6.07) is 4.28. The SMILES string of the molecule is BrC1=NCc2cc3cnc(C4CCNC4)nc3cc21. The van der Waals surface area contributed by atoms with Crippen LogP contribution in [0.4, 0.5) is 0 Å². The molecule has 96 valence electrons. The van der Waals surface area contributed by atoms with Crippen LogP contribution in [0, 0.1) is 0 Å². The maximum absolute atomic E-state index is 4.74. The van der Waals surface area contributed by atoms with Gasteiger partial charge in [-0.2, -0.15) is 0 Å². The van der Waals surface area contributed by atoms with E-state index in [0.717, 1.165) is 47.4 Å². The van der Waals surface area contributed by atoms with E-state index in [4.69, 9.17) is 4.98 Å². The molecule has 0 radical (unpaired) electrons. The van der Waals surface area contributed by atoms with Crippen molar-refractivity contribution in [2.24, 2.45) is 4.99 Å². The summed E-state index contributed by atoms with van der Waals surface area (Å²) >= 11 is 3.50. The van der Waals surface area contributed by atoms with Crippen LogP contribution in [0.25, 0.3) is 10.9 Å².